The Balaban J connectivity index is 2.08. The Labute approximate surface area is 102 Å². The van der Waals surface area contributed by atoms with Crippen LogP contribution in [0.1, 0.15) is 5.56 Å². The first-order valence-electron chi connectivity index (χ1n) is 4.83. The summed E-state index contributed by atoms with van der Waals surface area (Å²) in [6.45, 7) is 0.579. The molecule has 0 atom stereocenters. The number of nitrogens with one attached hydrogen (secondary N) is 1. The molecule has 0 saturated carbocycles. The average molecular weight is 281 g/mol. The van der Waals surface area contributed by atoms with E-state index < -0.39 is 0 Å². The Hall–Kier alpha value is -1.42. The van der Waals surface area contributed by atoms with E-state index in [1.165, 1.54) is 6.07 Å². The van der Waals surface area contributed by atoms with Crippen LogP contribution in [0.2, 0.25) is 0 Å². The normalized spacial score (nSPS) is 10.1. The molecule has 0 aliphatic heterocycles. The van der Waals surface area contributed by atoms with E-state index in [1.807, 2.05) is 12.1 Å². The van der Waals surface area contributed by atoms with E-state index >= 15 is 0 Å². The van der Waals surface area contributed by atoms with Crippen molar-refractivity contribution in [2.45, 2.75) is 6.54 Å². The van der Waals surface area contributed by atoms with E-state index in [4.69, 9.17) is 0 Å². The molecule has 0 amide bonds. The first-order valence-corrected chi connectivity index (χ1v) is 5.63. The van der Waals surface area contributed by atoms with Gasteiger partial charge in [0.1, 0.15) is 5.82 Å². The van der Waals surface area contributed by atoms with E-state index in [0.717, 1.165) is 10.0 Å². The molecule has 0 radical (unpaired) electrons. The highest BCUT2D eigenvalue weighted by Crippen LogP contribution is 2.20. The summed E-state index contributed by atoms with van der Waals surface area (Å²) in [4.78, 5) is 3.92. The number of nitrogens with zero attached hydrogens (tertiary/aromatic N) is 1. The van der Waals surface area contributed by atoms with Gasteiger partial charge in [0.15, 0.2) is 0 Å². The van der Waals surface area contributed by atoms with Gasteiger partial charge in [-0.25, -0.2) is 4.39 Å². The summed E-state index contributed by atoms with van der Waals surface area (Å²) >= 11 is 3.31. The van der Waals surface area contributed by atoms with Crippen molar-refractivity contribution in [2.75, 3.05) is 5.32 Å². The fourth-order valence-corrected chi connectivity index (χ4v) is 1.69. The monoisotopic (exact) mass is 280 g/mol. The highest BCUT2D eigenvalue weighted by molar-refractivity contribution is 9.10. The van der Waals surface area contributed by atoms with Crippen molar-refractivity contribution in [2.24, 2.45) is 0 Å². The fourth-order valence-electron chi connectivity index (χ4n) is 1.33. The minimum atomic E-state index is -0.253. The van der Waals surface area contributed by atoms with E-state index in [9.17, 15) is 4.39 Å². The largest absolute Gasteiger partial charge is 0.379 e. The molecule has 0 aliphatic rings. The second-order valence-electron chi connectivity index (χ2n) is 3.33. The third kappa shape index (κ3) is 2.79. The smallest absolute Gasteiger partial charge is 0.146 e. The Morgan fingerprint density at radius 2 is 1.94 bits per heavy atom. The molecule has 1 heterocycles. The van der Waals surface area contributed by atoms with Crippen LogP contribution in [0.4, 0.5) is 10.1 Å². The first-order chi connectivity index (χ1) is 7.75. The van der Waals surface area contributed by atoms with E-state index in [1.54, 1.807) is 24.5 Å². The van der Waals surface area contributed by atoms with Crippen LogP contribution in [-0.2, 0) is 6.54 Å². The van der Waals surface area contributed by atoms with Crippen LogP contribution >= 0.6 is 15.9 Å². The quantitative estimate of drug-likeness (QED) is 0.929. The van der Waals surface area contributed by atoms with Gasteiger partial charge in [-0.1, -0.05) is 15.9 Å². The van der Waals surface area contributed by atoms with Gasteiger partial charge in [-0.05, 0) is 35.9 Å². The molecule has 2 rings (SSSR count). The predicted octanol–water partition coefficient (Wildman–Crippen LogP) is 3.60. The number of hydrogen-bond acceptors (Lipinski definition) is 2. The minimum absolute atomic E-state index is 0.253. The number of hydrogen-bond donors (Lipinski definition) is 1. The SMILES string of the molecule is Fc1ccc(Br)cc1NCc1ccncc1. The van der Waals surface area contributed by atoms with Crippen molar-refractivity contribution in [1.82, 2.24) is 4.98 Å². The molecule has 16 heavy (non-hydrogen) atoms. The lowest BCUT2D eigenvalue weighted by atomic mass is 10.2. The van der Waals surface area contributed by atoms with Gasteiger partial charge in [-0.15, -0.1) is 0 Å². The molecule has 2 nitrogen and oxygen atoms in total. The summed E-state index contributed by atoms with van der Waals surface area (Å²) in [6, 6.07) is 8.61. The van der Waals surface area contributed by atoms with Crippen molar-refractivity contribution in [1.29, 1.82) is 0 Å². The third-order valence-corrected chi connectivity index (χ3v) is 2.65. The summed E-state index contributed by atoms with van der Waals surface area (Å²) in [7, 11) is 0. The van der Waals surface area contributed by atoms with Crippen LogP contribution in [0.5, 0.6) is 0 Å². The molecule has 2 aromatic rings. The number of benzene rings is 1. The second-order valence-corrected chi connectivity index (χ2v) is 4.25. The first kappa shape index (κ1) is 11.1. The van der Waals surface area contributed by atoms with E-state index in [0.29, 0.717) is 12.2 Å². The molecule has 0 fully saturated rings. The molecule has 0 bridgehead atoms. The molecular formula is C12H10BrFN2. The summed E-state index contributed by atoms with van der Waals surface area (Å²) in [5.41, 5.74) is 1.56. The summed E-state index contributed by atoms with van der Waals surface area (Å²) in [5, 5.41) is 3.04. The number of anilines is 1. The Kier molecular flexibility index (Phi) is 3.51. The van der Waals surface area contributed by atoms with Crippen molar-refractivity contribution < 1.29 is 4.39 Å². The lowest BCUT2D eigenvalue weighted by Gasteiger charge is -2.07. The molecule has 0 spiro atoms. The van der Waals surface area contributed by atoms with Gasteiger partial charge in [-0.2, -0.15) is 0 Å². The third-order valence-electron chi connectivity index (χ3n) is 2.16. The van der Waals surface area contributed by atoms with E-state index in [2.05, 4.69) is 26.2 Å². The van der Waals surface area contributed by atoms with Crippen LogP contribution in [-0.4, -0.2) is 4.98 Å². The lowest BCUT2D eigenvalue weighted by Crippen LogP contribution is -2.01. The Bertz CT molecular complexity index is 474. The number of rotatable bonds is 3. The fraction of sp³-hybridized carbons (Fsp3) is 0.0833. The maximum absolute atomic E-state index is 13.4. The average Bonchev–Trinajstić information content (AvgIpc) is 2.32. The van der Waals surface area contributed by atoms with Gasteiger partial charge in [0.2, 0.25) is 0 Å². The standard InChI is InChI=1S/C12H10BrFN2/c13-10-1-2-11(14)12(7-10)16-8-9-3-5-15-6-4-9/h1-7,16H,8H2. The zero-order valence-corrected chi connectivity index (χ0v) is 10.0. The van der Waals surface area contributed by atoms with Crippen LogP contribution in [0.25, 0.3) is 0 Å². The van der Waals surface area contributed by atoms with Gasteiger partial charge < -0.3 is 5.32 Å². The van der Waals surface area contributed by atoms with Gasteiger partial charge >= 0.3 is 0 Å². The van der Waals surface area contributed by atoms with Gasteiger partial charge in [0.25, 0.3) is 0 Å². The summed E-state index contributed by atoms with van der Waals surface area (Å²) in [6.07, 6.45) is 3.43. The Morgan fingerprint density at radius 1 is 1.19 bits per heavy atom. The molecule has 1 N–H and O–H groups in total. The number of pyridine rings is 1. The summed E-state index contributed by atoms with van der Waals surface area (Å²) < 4.78 is 14.2. The number of halogens is 2. The van der Waals surface area contributed by atoms with Crippen molar-refractivity contribution >= 4 is 21.6 Å². The van der Waals surface area contributed by atoms with Crippen LogP contribution in [0, 0.1) is 5.82 Å². The minimum Gasteiger partial charge on any atom is -0.379 e. The molecule has 4 heteroatoms. The molecule has 0 aliphatic carbocycles. The van der Waals surface area contributed by atoms with Crippen LogP contribution in [0.3, 0.4) is 0 Å². The van der Waals surface area contributed by atoms with E-state index in [-0.39, 0.29) is 5.82 Å². The van der Waals surface area contributed by atoms with Gasteiger partial charge in [0.05, 0.1) is 5.69 Å². The number of aromatic nitrogens is 1. The van der Waals surface area contributed by atoms with Gasteiger partial charge in [-0.3, -0.25) is 4.98 Å². The summed E-state index contributed by atoms with van der Waals surface area (Å²) in [5.74, 6) is -0.253. The van der Waals surface area contributed by atoms with Crippen molar-refractivity contribution in [3.8, 4) is 0 Å². The maximum atomic E-state index is 13.4. The topological polar surface area (TPSA) is 24.9 Å². The zero-order valence-electron chi connectivity index (χ0n) is 8.45. The van der Waals surface area contributed by atoms with Crippen LogP contribution in [0.15, 0.2) is 47.2 Å². The molecular weight excluding hydrogens is 271 g/mol. The molecule has 0 unspecified atom stereocenters. The highest BCUT2D eigenvalue weighted by atomic mass is 79.9. The maximum Gasteiger partial charge on any atom is 0.146 e. The Morgan fingerprint density at radius 3 is 2.69 bits per heavy atom. The van der Waals surface area contributed by atoms with Gasteiger partial charge in [0, 0.05) is 23.4 Å². The lowest BCUT2D eigenvalue weighted by molar-refractivity contribution is 0.630. The predicted molar refractivity (Wildman–Crippen MR) is 65.7 cm³/mol. The van der Waals surface area contributed by atoms with Crippen molar-refractivity contribution in [3.05, 3.63) is 58.6 Å². The van der Waals surface area contributed by atoms with Crippen LogP contribution < -0.4 is 5.32 Å². The molecule has 1 aromatic heterocycles. The molecule has 82 valence electrons. The second kappa shape index (κ2) is 5.07. The van der Waals surface area contributed by atoms with Crippen molar-refractivity contribution in [3.63, 3.8) is 0 Å². The molecule has 1 aromatic carbocycles. The highest BCUT2D eigenvalue weighted by Gasteiger charge is 2.01. The zero-order chi connectivity index (χ0) is 11.4. The molecule has 0 saturated heterocycles.